The second kappa shape index (κ2) is 13.3. The number of imidazole rings is 2. The van der Waals surface area contributed by atoms with Crippen molar-refractivity contribution in [2.45, 2.75) is 104 Å². The fraction of sp³-hybridized carbons (Fsp3) is 0.565. The summed E-state index contributed by atoms with van der Waals surface area (Å²) in [5, 5.41) is 0.136. The van der Waals surface area contributed by atoms with Gasteiger partial charge in [-0.15, -0.1) is 11.8 Å². The van der Waals surface area contributed by atoms with Gasteiger partial charge in [0, 0.05) is 41.8 Å². The zero-order chi connectivity index (χ0) is 38.4. The quantitative estimate of drug-likeness (QED) is 0.175. The van der Waals surface area contributed by atoms with Crippen LogP contribution in [0.2, 0.25) is 0 Å². The molecule has 5 heterocycles. The summed E-state index contributed by atoms with van der Waals surface area (Å²) in [6.07, 6.45) is 8.40. The van der Waals surface area contributed by atoms with Crippen LogP contribution in [-0.2, 0) is 15.0 Å². The number of nitrogens with zero attached hydrogens (tertiary/aromatic N) is 4. The van der Waals surface area contributed by atoms with E-state index in [2.05, 4.69) is 116 Å². The van der Waals surface area contributed by atoms with Gasteiger partial charge in [-0.3, -0.25) is 9.59 Å². The lowest BCUT2D eigenvalue weighted by Gasteiger charge is -2.56. The highest BCUT2D eigenvalue weighted by atomic mass is 32.2. The number of piperidine rings is 1. The molecular weight excluding hydrogens is 701 g/mol. The summed E-state index contributed by atoms with van der Waals surface area (Å²) in [5.74, 6) is 11.7. The largest absolute Gasteiger partial charge is 0.341 e. The minimum Gasteiger partial charge on any atom is -0.341 e. The number of likely N-dealkylation sites (tertiary alicyclic amines) is 2. The highest BCUT2D eigenvalue weighted by Crippen LogP contribution is 2.62. The van der Waals surface area contributed by atoms with Gasteiger partial charge in [0.1, 0.15) is 11.6 Å². The molecule has 2 N–H and O–H groups in total. The van der Waals surface area contributed by atoms with E-state index in [0.29, 0.717) is 29.1 Å². The van der Waals surface area contributed by atoms with Gasteiger partial charge in [-0.1, -0.05) is 72.4 Å². The molecule has 1 spiro atoms. The molecule has 2 saturated carbocycles. The third kappa shape index (κ3) is 6.22. The number of rotatable bonds is 8. The molecule has 55 heavy (non-hydrogen) atoms. The summed E-state index contributed by atoms with van der Waals surface area (Å²) >= 11 is 1.89. The van der Waals surface area contributed by atoms with Crippen molar-refractivity contribution in [2.24, 2.45) is 40.4 Å². The zero-order valence-electron chi connectivity index (χ0n) is 33.5. The molecule has 0 radical (unpaired) electrons. The lowest BCUT2D eigenvalue weighted by molar-refractivity contribution is -0.141. The van der Waals surface area contributed by atoms with E-state index in [-0.39, 0.29) is 40.0 Å². The average Bonchev–Trinajstić information content (AvgIpc) is 3.83. The smallest absolute Gasteiger partial charge is 0.226 e. The van der Waals surface area contributed by atoms with Crippen molar-refractivity contribution in [3.05, 3.63) is 71.4 Å². The van der Waals surface area contributed by atoms with Crippen LogP contribution in [0.4, 0.5) is 0 Å². The number of aromatic nitrogens is 4. The maximum atomic E-state index is 13.8. The number of hydrogen-bond acceptors (Lipinski definition) is 5. The number of aromatic amines is 2. The molecule has 4 aromatic rings. The molecular formula is C46H56N6O2S. The Balaban J connectivity index is 0.880. The first-order valence-electron chi connectivity index (χ1n) is 20.7. The van der Waals surface area contributed by atoms with Crippen molar-refractivity contribution >= 4 is 34.6 Å². The lowest BCUT2D eigenvalue weighted by Crippen LogP contribution is -2.63. The number of hydrogen-bond donors (Lipinski definition) is 2. The third-order valence-corrected chi connectivity index (χ3v) is 16.5. The van der Waals surface area contributed by atoms with E-state index in [0.717, 1.165) is 89.6 Å². The van der Waals surface area contributed by atoms with Crippen LogP contribution in [0.5, 0.6) is 0 Å². The second-order valence-corrected chi connectivity index (χ2v) is 19.8. The normalized spacial score (nSPS) is 28.9. The highest BCUT2D eigenvalue weighted by molar-refractivity contribution is 8.01. The molecule has 5 fully saturated rings. The Labute approximate surface area is 330 Å². The summed E-state index contributed by atoms with van der Waals surface area (Å²) in [5.41, 5.74) is 6.13. The van der Waals surface area contributed by atoms with Crippen LogP contribution in [-0.4, -0.2) is 65.8 Å². The van der Waals surface area contributed by atoms with Crippen molar-refractivity contribution in [3.8, 4) is 23.1 Å². The molecule has 9 rings (SSSR count). The van der Waals surface area contributed by atoms with Gasteiger partial charge in [0.05, 0.1) is 39.8 Å². The predicted molar refractivity (Wildman–Crippen MR) is 220 cm³/mol. The highest BCUT2D eigenvalue weighted by Gasteiger charge is 2.61. The number of carbonyl (C=O) groups excluding carboxylic acids is 2. The van der Waals surface area contributed by atoms with Gasteiger partial charge in [-0.05, 0) is 103 Å². The van der Waals surface area contributed by atoms with Crippen LogP contribution < -0.4 is 0 Å². The van der Waals surface area contributed by atoms with Crippen LogP contribution in [0.1, 0.15) is 116 Å². The molecule has 5 aliphatic rings. The summed E-state index contributed by atoms with van der Waals surface area (Å²) in [6.45, 7) is 17.2. The molecule has 3 saturated heterocycles. The minimum absolute atomic E-state index is 0.0119. The number of H-pyrrole nitrogens is 2. The van der Waals surface area contributed by atoms with E-state index >= 15 is 0 Å². The first-order valence-corrected chi connectivity index (χ1v) is 21.8. The first-order chi connectivity index (χ1) is 26.3. The van der Waals surface area contributed by atoms with E-state index in [4.69, 9.17) is 9.97 Å². The lowest BCUT2D eigenvalue weighted by atomic mass is 9.78. The van der Waals surface area contributed by atoms with Crippen molar-refractivity contribution in [1.82, 2.24) is 29.7 Å². The molecule has 2 aromatic carbocycles. The Morgan fingerprint density at radius 2 is 1.67 bits per heavy atom. The van der Waals surface area contributed by atoms with Crippen LogP contribution >= 0.6 is 11.8 Å². The molecule has 8 nitrogen and oxygen atoms in total. The standard InChI is InChI=1S/C46H56N6O2S/c1-27(2)29(5)30(6)40(53)51-20-8-17-46(26-55-43(46)51)42-49-35-16-13-32(21-36(35)50-42)10-9-31-11-14-33(15-12-31)37-24-47-39(48-37)38-23-45(18-19-45)25-52(38)41(54)34-22-44(34,7)28(3)4/h11-16,21,24,27-30,34,38,43H,8,17-20,22-23,25-26H2,1-7H3,(H,47,48)(H,49,50). The Morgan fingerprint density at radius 3 is 2.35 bits per heavy atom. The molecule has 0 bridgehead atoms. The zero-order valence-corrected chi connectivity index (χ0v) is 34.4. The van der Waals surface area contributed by atoms with Crippen molar-refractivity contribution < 1.29 is 9.59 Å². The molecule has 7 unspecified atom stereocenters. The average molecular weight is 757 g/mol. The molecule has 3 aliphatic heterocycles. The van der Waals surface area contributed by atoms with Crippen LogP contribution in [0.25, 0.3) is 22.3 Å². The maximum Gasteiger partial charge on any atom is 0.226 e. The molecule has 2 aliphatic carbocycles. The number of thioether (sulfide) groups is 1. The van der Waals surface area contributed by atoms with Crippen LogP contribution in [0.3, 0.4) is 0 Å². The van der Waals surface area contributed by atoms with E-state index in [1.54, 1.807) is 0 Å². The fourth-order valence-electron chi connectivity index (χ4n) is 9.73. The summed E-state index contributed by atoms with van der Waals surface area (Å²) in [4.78, 5) is 49.1. The van der Waals surface area contributed by atoms with E-state index < -0.39 is 0 Å². The minimum atomic E-state index is -0.124. The van der Waals surface area contributed by atoms with E-state index in [9.17, 15) is 9.59 Å². The van der Waals surface area contributed by atoms with Gasteiger partial charge in [0.15, 0.2) is 0 Å². The monoisotopic (exact) mass is 756 g/mol. The molecule has 2 aromatic heterocycles. The SMILES string of the molecule is CC(C)C(C)C(C)C(=O)N1CCCC2(c3nc4ccc(C#Cc5ccc(-c6cnc(C7CC8(CC8)CN7C(=O)C7CC7(C)C(C)C)[nH]6)cc5)cc4[nH]3)CSC12. The van der Waals surface area contributed by atoms with Crippen LogP contribution in [0, 0.1) is 52.3 Å². The topological polar surface area (TPSA) is 98.0 Å². The molecule has 288 valence electrons. The first kappa shape index (κ1) is 36.6. The second-order valence-electron chi connectivity index (χ2n) is 18.8. The number of carbonyl (C=O) groups is 2. The van der Waals surface area contributed by atoms with E-state index in [1.807, 2.05) is 24.0 Å². The van der Waals surface area contributed by atoms with Gasteiger partial charge in [-0.25, -0.2) is 9.97 Å². The van der Waals surface area contributed by atoms with Gasteiger partial charge in [-0.2, -0.15) is 0 Å². The van der Waals surface area contributed by atoms with Gasteiger partial charge in [0.25, 0.3) is 0 Å². The predicted octanol–water partition coefficient (Wildman–Crippen LogP) is 8.95. The Kier molecular flexibility index (Phi) is 8.84. The number of benzene rings is 2. The Hall–Kier alpha value is -4.03. The summed E-state index contributed by atoms with van der Waals surface area (Å²) in [7, 11) is 0. The van der Waals surface area contributed by atoms with Crippen molar-refractivity contribution in [1.29, 1.82) is 0 Å². The Morgan fingerprint density at radius 1 is 0.927 bits per heavy atom. The van der Waals surface area contributed by atoms with Crippen molar-refractivity contribution in [2.75, 3.05) is 18.8 Å². The van der Waals surface area contributed by atoms with Gasteiger partial charge in [0.2, 0.25) is 11.8 Å². The molecule has 2 amide bonds. The van der Waals surface area contributed by atoms with Gasteiger partial charge < -0.3 is 19.8 Å². The number of amides is 2. The Bertz CT molecular complexity index is 2210. The summed E-state index contributed by atoms with van der Waals surface area (Å²) < 4.78 is 0. The third-order valence-electron chi connectivity index (χ3n) is 14.8. The molecule has 9 heteroatoms. The maximum absolute atomic E-state index is 13.8. The number of nitrogens with one attached hydrogen (secondary N) is 2. The van der Waals surface area contributed by atoms with Crippen molar-refractivity contribution in [3.63, 3.8) is 0 Å². The molecule has 7 atom stereocenters. The van der Waals surface area contributed by atoms with Gasteiger partial charge >= 0.3 is 0 Å². The fourth-order valence-corrected chi connectivity index (χ4v) is 11.3. The van der Waals surface area contributed by atoms with E-state index in [1.165, 1.54) is 12.8 Å². The van der Waals surface area contributed by atoms with Crippen LogP contribution in [0.15, 0.2) is 48.7 Å². The number of fused-ring (bicyclic) bond motifs is 2. The summed E-state index contributed by atoms with van der Waals surface area (Å²) in [6, 6.07) is 14.6.